The highest BCUT2D eigenvalue weighted by atomic mass is 35.5. The molecule has 1 aliphatic heterocycles. The fourth-order valence-electron chi connectivity index (χ4n) is 4.75. The lowest BCUT2D eigenvalue weighted by atomic mass is 9.85. The van der Waals surface area contributed by atoms with E-state index in [4.69, 9.17) is 16.3 Å². The number of aromatic amines is 1. The van der Waals surface area contributed by atoms with Crippen LogP contribution in [0.5, 0.6) is 0 Å². The third-order valence-electron chi connectivity index (χ3n) is 6.46. The van der Waals surface area contributed by atoms with Crippen LogP contribution in [0.25, 0.3) is 11.0 Å². The molecule has 0 atom stereocenters. The van der Waals surface area contributed by atoms with Crippen LogP contribution in [-0.4, -0.2) is 63.6 Å². The minimum Gasteiger partial charge on any atom is -0.443 e. The average Bonchev–Trinajstić information content (AvgIpc) is 3.34. The van der Waals surface area contributed by atoms with E-state index in [1.54, 1.807) is 45.2 Å². The zero-order chi connectivity index (χ0) is 28.2. The molecule has 0 unspecified atom stereocenters. The molecule has 0 radical (unpaired) electrons. The molecule has 2 aromatic heterocycles. The van der Waals surface area contributed by atoms with Crippen LogP contribution in [0.1, 0.15) is 46.1 Å². The molecule has 3 heterocycles. The van der Waals surface area contributed by atoms with Gasteiger partial charge in [-0.25, -0.2) is 19.7 Å². The minimum atomic E-state index is -1.26. The molecule has 12 heteroatoms. The molecular formula is C27H34ClN7O4. The summed E-state index contributed by atoms with van der Waals surface area (Å²) in [5.74, 6) is -0.226. The maximum Gasteiger partial charge on any atom is 0.417 e. The van der Waals surface area contributed by atoms with Gasteiger partial charge in [0.1, 0.15) is 23.1 Å². The first kappa shape index (κ1) is 28.3. The number of carbonyl (C=O) groups excluding carboxylic acids is 3. The number of amides is 3. The number of hydrogen-bond donors (Lipinski definition) is 4. The number of H-pyrrole nitrogens is 1. The van der Waals surface area contributed by atoms with Crippen LogP contribution in [0.15, 0.2) is 36.8 Å². The lowest BCUT2D eigenvalue weighted by molar-refractivity contribution is -0.127. The summed E-state index contributed by atoms with van der Waals surface area (Å²) in [6.07, 6.45) is 3.56. The van der Waals surface area contributed by atoms with Crippen molar-refractivity contribution in [3.05, 3.63) is 47.4 Å². The van der Waals surface area contributed by atoms with E-state index in [1.807, 2.05) is 6.07 Å². The van der Waals surface area contributed by atoms with Gasteiger partial charge in [0, 0.05) is 30.4 Å². The summed E-state index contributed by atoms with van der Waals surface area (Å²) >= 11 is 6.12. The number of rotatable bonds is 7. The number of anilines is 2. The van der Waals surface area contributed by atoms with E-state index in [2.05, 4.69) is 30.9 Å². The van der Waals surface area contributed by atoms with E-state index in [0.717, 1.165) is 5.56 Å². The highest BCUT2D eigenvalue weighted by Gasteiger charge is 2.50. The smallest absolute Gasteiger partial charge is 0.417 e. The number of nitrogens with one attached hydrogen (secondary N) is 4. The van der Waals surface area contributed by atoms with E-state index in [9.17, 15) is 14.4 Å². The normalized spacial score (nSPS) is 15.0. The number of ether oxygens (including phenoxy) is 1. The molecule has 0 bridgehead atoms. The first-order valence-corrected chi connectivity index (χ1v) is 13.2. The van der Waals surface area contributed by atoms with Gasteiger partial charge in [-0.3, -0.25) is 9.59 Å². The van der Waals surface area contributed by atoms with Crippen molar-refractivity contribution < 1.29 is 19.1 Å². The number of benzene rings is 1. The summed E-state index contributed by atoms with van der Waals surface area (Å²) in [6.45, 7) is 8.09. The summed E-state index contributed by atoms with van der Waals surface area (Å²) in [6, 6.07) is 7.01. The van der Waals surface area contributed by atoms with E-state index in [0.29, 0.717) is 59.9 Å². The van der Waals surface area contributed by atoms with Gasteiger partial charge < -0.3 is 25.7 Å². The van der Waals surface area contributed by atoms with Crippen LogP contribution < -0.4 is 20.9 Å². The maximum absolute atomic E-state index is 14.1. The fraction of sp³-hybridized carbons (Fsp3) is 0.444. The lowest BCUT2D eigenvalue weighted by Gasteiger charge is -2.44. The molecule has 1 aliphatic rings. The maximum atomic E-state index is 14.1. The highest BCUT2D eigenvalue weighted by molar-refractivity contribution is 6.31. The van der Waals surface area contributed by atoms with Crippen molar-refractivity contribution in [2.45, 2.75) is 58.1 Å². The molecule has 39 heavy (non-hydrogen) atoms. The van der Waals surface area contributed by atoms with Crippen LogP contribution in [-0.2, 0) is 20.7 Å². The Morgan fingerprint density at radius 2 is 1.90 bits per heavy atom. The van der Waals surface area contributed by atoms with Crippen LogP contribution in [0, 0.1) is 0 Å². The standard InChI is InChI=1S/C27H34ClN7O4/c1-17(36)34-21-15-19(28)6-5-18(21)7-11-31-24(37)27(9-13-29-14-10-27)35(25(38)39-26(2,3)4)23-20-8-12-30-22(20)32-16-33-23/h5-6,8,12,15-16,29H,7,9-11,13-14H2,1-4H3,(H,31,37)(H,34,36)(H,30,32,33). The van der Waals surface area contributed by atoms with E-state index in [1.165, 1.54) is 18.2 Å². The van der Waals surface area contributed by atoms with Gasteiger partial charge in [-0.1, -0.05) is 17.7 Å². The monoisotopic (exact) mass is 555 g/mol. The summed E-state index contributed by atoms with van der Waals surface area (Å²) in [4.78, 5) is 52.6. The molecule has 3 amide bonds. The second-order valence-electron chi connectivity index (χ2n) is 10.5. The predicted molar refractivity (Wildman–Crippen MR) is 150 cm³/mol. The number of nitrogens with zero attached hydrogens (tertiary/aromatic N) is 3. The predicted octanol–water partition coefficient (Wildman–Crippen LogP) is 3.79. The first-order valence-electron chi connectivity index (χ1n) is 12.9. The summed E-state index contributed by atoms with van der Waals surface area (Å²) in [5, 5.41) is 10.2. The topological polar surface area (TPSA) is 141 Å². The van der Waals surface area contributed by atoms with Gasteiger partial charge in [-0.05, 0) is 76.9 Å². The Bertz CT molecular complexity index is 1360. The zero-order valence-electron chi connectivity index (χ0n) is 22.6. The average molecular weight is 556 g/mol. The Morgan fingerprint density at radius 3 is 2.59 bits per heavy atom. The van der Waals surface area contributed by atoms with Crippen molar-refractivity contribution in [3.63, 3.8) is 0 Å². The fourth-order valence-corrected chi connectivity index (χ4v) is 4.92. The number of piperidine rings is 1. The largest absolute Gasteiger partial charge is 0.443 e. The Hall–Kier alpha value is -3.70. The number of carbonyl (C=O) groups is 3. The van der Waals surface area contributed by atoms with Crippen molar-refractivity contribution in [1.29, 1.82) is 0 Å². The SMILES string of the molecule is CC(=O)Nc1cc(Cl)ccc1CCNC(=O)C1(N(C(=O)OC(C)(C)C)c2ncnc3[nH]ccc23)CCNCC1. The highest BCUT2D eigenvalue weighted by Crippen LogP contribution is 2.36. The molecule has 0 aliphatic carbocycles. The summed E-state index contributed by atoms with van der Waals surface area (Å²) in [5.41, 5.74) is -0.0904. The molecular weight excluding hydrogens is 522 g/mol. The van der Waals surface area contributed by atoms with E-state index < -0.39 is 17.2 Å². The molecule has 3 aromatic rings. The van der Waals surface area contributed by atoms with Crippen molar-refractivity contribution in [3.8, 4) is 0 Å². The molecule has 0 saturated carbocycles. The Kier molecular flexibility index (Phi) is 8.41. The second kappa shape index (κ2) is 11.6. The number of hydrogen-bond acceptors (Lipinski definition) is 7. The second-order valence-corrected chi connectivity index (χ2v) is 11.0. The van der Waals surface area contributed by atoms with Gasteiger partial charge in [0.15, 0.2) is 5.82 Å². The van der Waals surface area contributed by atoms with Gasteiger partial charge in [0.2, 0.25) is 11.8 Å². The Labute approximate surface area is 232 Å². The van der Waals surface area contributed by atoms with E-state index in [-0.39, 0.29) is 18.4 Å². The van der Waals surface area contributed by atoms with Crippen molar-refractivity contribution in [2.75, 3.05) is 29.9 Å². The third-order valence-corrected chi connectivity index (χ3v) is 6.70. The Morgan fingerprint density at radius 1 is 1.15 bits per heavy atom. The number of halogens is 1. The molecule has 208 valence electrons. The summed E-state index contributed by atoms with van der Waals surface area (Å²) < 4.78 is 5.81. The van der Waals surface area contributed by atoms with Gasteiger partial charge in [0.05, 0.1) is 5.39 Å². The van der Waals surface area contributed by atoms with Crippen molar-refractivity contribution >= 4 is 52.0 Å². The zero-order valence-corrected chi connectivity index (χ0v) is 23.3. The van der Waals surface area contributed by atoms with Crippen LogP contribution in [0.4, 0.5) is 16.3 Å². The molecule has 1 aromatic carbocycles. The number of aromatic nitrogens is 3. The van der Waals surface area contributed by atoms with Gasteiger partial charge in [-0.15, -0.1) is 0 Å². The molecule has 1 saturated heterocycles. The van der Waals surface area contributed by atoms with Gasteiger partial charge in [0.25, 0.3) is 0 Å². The van der Waals surface area contributed by atoms with Crippen molar-refractivity contribution in [1.82, 2.24) is 25.6 Å². The molecule has 4 rings (SSSR count). The quantitative estimate of drug-likeness (QED) is 0.347. The lowest BCUT2D eigenvalue weighted by Crippen LogP contribution is -2.65. The van der Waals surface area contributed by atoms with E-state index >= 15 is 0 Å². The Balaban J connectivity index is 1.66. The van der Waals surface area contributed by atoms with Gasteiger partial charge >= 0.3 is 6.09 Å². The van der Waals surface area contributed by atoms with Gasteiger partial charge in [-0.2, -0.15) is 0 Å². The molecule has 0 spiro atoms. The number of fused-ring (bicyclic) bond motifs is 1. The van der Waals surface area contributed by atoms with Crippen LogP contribution in [0.2, 0.25) is 5.02 Å². The van der Waals surface area contributed by atoms with Crippen LogP contribution >= 0.6 is 11.6 Å². The molecule has 4 N–H and O–H groups in total. The van der Waals surface area contributed by atoms with Crippen molar-refractivity contribution in [2.24, 2.45) is 0 Å². The minimum absolute atomic E-state index is 0.217. The van der Waals surface area contributed by atoms with Crippen LogP contribution in [0.3, 0.4) is 0 Å². The third kappa shape index (κ3) is 6.48. The molecule has 1 fully saturated rings. The molecule has 11 nitrogen and oxygen atoms in total. The summed E-state index contributed by atoms with van der Waals surface area (Å²) in [7, 11) is 0. The first-order chi connectivity index (χ1) is 18.5.